The SMILES string of the molecule is CNC(=O)Cc1nc(-c2cnc(C)cc2C)n(-c2ccc(F)cc2F)n1. The number of hydrogen-bond acceptors (Lipinski definition) is 4. The van der Waals surface area contributed by atoms with Crippen LogP contribution in [0.4, 0.5) is 8.78 Å². The number of benzene rings is 1. The van der Waals surface area contributed by atoms with Crippen LogP contribution in [0.15, 0.2) is 30.5 Å². The summed E-state index contributed by atoms with van der Waals surface area (Å²) in [4.78, 5) is 20.3. The van der Waals surface area contributed by atoms with Gasteiger partial charge in [0.2, 0.25) is 5.91 Å². The van der Waals surface area contributed by atoms with E-state index in [1.54, 1.807) is 6.20 Å². The number of carbonyl (C=O) groups is 1. The number of nitrogens with zero attached hydrogens (tertiary/aromatic N) is 4. The number of halogens is 2. The molecule has 0 radical (unpaired) electrons. The fourth-order valence-electron chi connectivity index (χ4n) is 2.59. The summed E-state index contributed by atoms with van der Waals surface area (Å²) in [6, 6.07) is 5.07. The zero-order valence-corrected chi connectivity index (χ0v) is 14.5. The van der Waals surface area contributed by atoms with Gasteiger partial charge < -0.3 is 5.32 Å². The number of carbonyl (C=O) groups excluding carboxylic acids is 1. The summed E-state index contributed by atoms with van der Waals surface area (Å²) in [5, 5.41) is 6.75. The zero-order valence-electron chi connectivity index (χ0n) is 14.5. The van der Waals surface area contributed by atoms with Crippen LogP contribution < -0.4 is 5.32 Å². The summed E-state index contributed by atoms with van der Waals surface area (Å²) in [6.07, 6.45) is 1.56. The Morgan fingerprint density at radius 2 is 2.00 bits per heavy atom. The maximum atomic E-state index is 14.3. The topological polar surface area (TPSA) is 72.7 Å². The second kappa shape index (κ2) is 6.99. The molecule has 1 N–H and O–H groups in total. The zero-order chi connectivity index (χ0) is 18.8. The molecule has 0 aliphatic rings. The summed E-state index contributed by atoms with van der Waals surface area (Å²) >= 11 is 0. The van der Waals surface area contributed by atoms with Crippen LogP contribution in [-0.4, -0.2) is 32.7 Å². The molecule has 2 aromatic heterocycles. The summed E-state index contributed by atoms with van der Waals surface area (Å²) < 4.78 is 28.9. The van der Waals surface area contributed by atoms with Crippen LogP contribution in [0.3, 0.4) is 0 Å². The number of rotatable bonds is 4. The molecule has 134 valence electrons. The highest BCUT2D eigenvalue weighted by Gasteiger charge is 2.19. The number of nitrogens with one attached hydrogen (secondary N) is 1. The van der Waals surface area contributed by atoms with Gasteiger partial charge in [0.15, 0.2) is 17.5 Å². The van der Waals surface area contributed by atoms with Crippen LogP contribution >= 0.6 is 0 Å². The van der Waals surface area contributed by atoms with Crippen LogP contribution in [-0.2, 0) is 11.2 Å². The molecule has 0 aliphatic carbocycles. The highest BCUT2D eigenvalue weighted by Crippen LogP contribution is 2.26. The lowest BCUT2D eigenvalue weighted by Gasteiger charge is -2.09. The van der Waals surface area contributed by atoms with Crippen LogP contribution in [0.2, 0.25) is 0 Å². The Bertz CT molecular complexity index is 915. The number of amides is 1. The molecule has 0 atom stereocenters. The minimum atomic E-state index is -0.777. The number of pyridine rings is 1. The van der Waals surface area contributed by atoms with Gasteiger partial charge in [-0.25, -0.2) is 18.4 Å². The molecule has 3 aromatic rings. The van der Waals surface area contributed by atoms with Gasteiger partial charge in [0.1, 0.15) is 11.5 Å². The van der Waals surface area contributed by atoms with Gasteiger partial charge in [0.25, 0.3) is 0 Å². The molecule has 6 nitrogen and oxygen atoms in total. The Morgan fingerprint density at radius 3 is 2.65 bits per heavy atom. The monoisotopic (exact) mass is 357 g/mol. The first-order valence-corrected chi connectivity index (χ1v) is 7.94. The van der Waals surface area contributed by atoms with E-state index in [1.807, 2.05) is 19.9 Å². The standard InChI is InChI=1S/C18H17F2N5O/c1-10-6-11(2)22-9-13(10)18-23-16(8-17(26)21-3)24-25(18)15-5-4-12(19)7-14(15)20/h4-7,9H,8H2,1-3H3,(H,21,26). The Kier molecular flexibility index (Phi) is 4.75. The van der Waals surface area contributed by atoms with E-state index in [9.17, 15) is 13.6 Å². The lowest BCUT2D eigenvalue weighted by molar-refractivity contribution is -0.120. The molecule has 0 unspecified atom stereocenters. The molecule has 2 heterocycles. The lowest BCUT2D eigenvalue weighted by atomic mass is 10.1. The molecule has 8 heteroatoms. The first-order valence-electron chi connectivity index (χ1n) is 7.94. The van der Waals surface area contributed by atoms with Crippen molar-refractivity contribution in [2.75, 3.05) is 7.05 Å². The van der Waals surface area contributed by atoms with Crippen molar-refractivity contribution in [3.63, 3.8) is 0 Å². The quantitative estimate of drug-likeness (QED) is 0.779. The van der Waals surface area contributed by atoms with Crippen molar-refractivity contribution >= 4 is 5.91 Å². The third-order valence-corrected chi connectivity index (χ3v) is 3.87. The van der Waals surface area contributed by atoms with Crippen molar-refractivity contribution in [1.82, 2.24) is 25.1 Å². The number of aryl methyl sites for hydroxylation is 2. The molecule has 0 bridgehead atoms. The van der Waals surface area contributed by atoms with E-state index < -0.39 is 11.6 Å². The van der Waals surface area contributed by atoms with E-state index in [0.717, 1.165) is 23.4 Å². The molecule has 1 amide bonds. The van der Waals surface area contributed by atoms with Gasteiger partial charge in [0.05, 0.1) is 6.42 Å². The van der Waals surface area contributed by atoms with E-state index in [2.05, 4.69) is 20.4 Å². The van der Waals surface area contributed by atoms with E-state index in [-0.39, 0.29) is 23.8 Å². The largest absolute Gasteiger partial charge is 0.359 e. The van der Waals surface area contributed by atoms with Crippen molar-refractivity contribution in [3.8, 4) is 17.1 Å². The Balaban J connectivity index is 2.19. The molecular weight excluding hydrogens is 340 g/mol. The van der Waals surface area contributed by atoms with Crippen molar-refractivity contribution < 1.29 is 13.6 Å². The lowest BCUT2D eigenvalue weighted by Crippen LogP contribution is -2.20. The van der Waals surface area contributed by atoms with Gasteiger partial charge in [0, 0.05) is 30.6 Å². The predicted octanol–water partition coefficient (Wildman–Crippen LogP) is 2.51. The molecule has 1 aromatic carbocycles. The molecule has 0 saturated carbocycles. The van der Waals surface area contributed by atoms with Crippen molar-refractivity contribution in [2.45, 2.75) is 20.3 Å². The number of likely N-dealkylation sites (N-methyl/N-ethyl adjacent to an activating group) is 1. The Morgan fingerprint density at radius 1 is 1.23 bits per heavy atom. The average Bonchev–Trinajstić information content (AvgIpc) is 2.97. The number of aromatic nitrogens is 4. The van der Waals surface area contributed by atoms with E-state index in [1.165, 1.54) is 17.8 Å². The first-order chi connectivity index (χ1) is 12.4. The van der Waals surface area contributed by atoms with Crippen molar-refractivity contribution in [2.24, 2.45) is 0 Å². The smallest absolute Gasteiger partial charge is 0.227 e. The molecule has 3 rings (SSSR count). The highest BCUT2D eigenvalue weighted by molar-refractivity contribution is 5.77. The second-order valence-electron chi connectivity index (χ2n) is 5.85. The summed E-state index contributed by atoms with van der Waals surface area (Å²) in [5.41, 5.74) is 2.39. The third-order valence-electron chi connectivity index (χ3n) is 3.87. The molecule has 0 spiro atoms. The molecule has 0 saturated heterocycles. The molecule has 0 aliphatic heterocycles. The number of hydrogen-bond donors (Lipinski definition) is 1. The van der Waals surface area contributed by atoms with Crippen LogP contribution in [0.5, 0.6) is 0 Å². The summed E-state index contributed by atoms with van der Waals surface area (Å²) in [7, 11) is 1.51. The summed E-state index contributed by atoms with van der Waals surface area (Å²) in [5.74, 6) is -1.18. The van der Waals surface area contributed by atoms with E-state index in [0.29, 0.717) is 11.4 Å². The van der Waals surface area contributed by atoms with Gasteiger partial charge in [-0.1, -0.05) is 0 Å². The molecular formula is C18H17F2N5O. The molecule has 0 fully saturated rings. The normalized spacial score (nSPS) is 10.8. The Hall–Kier alpha value is -3.16. The van der Waals surface area contributed by atoms with E-state index >= 15 is 0 Å². The predicted molar refractivity (Wildman–Crippen MR) is 91.8 cm³/mol. The van der Waals surface area contributed by atoms with Gasteiger partial charge in [-0.3, -0.25) is 9.78 Å². The highest BCUT2D eigenvalue weighted by atomic mass is 19.1. The minimum Gasteiger partial charge on any atom is -0.359 e. The third kappa shape index (κ3) is 3.44. The van der Waals surface area contributed by atoms with Crippen molar-refractivity contribution in [1.29, 1.82) is 0 Å². The van der Waals surface area contributed by atoms with Crippen LogP contribution in [0.1, 0.15) is 17.1 Å². The molecule has 26 heavy (non-hydrogen) atoms. The maximum absolute atomic E-state index is 14.3. The second-order valence-corrected chi connectivity index (χ2v) is 5.85. The first kappa shape index (κ1) is 17.7. The fourth-order valence-corrected chi connectivity index (χ4v) is 2.59. The van der Waals surface area contributed by atoms with Crippen LogP contribution in [0, 0.1) is 25.5 Å². The summed E-state index contributed by atoms with van der Waals surface area (Å²) in [6.45, 7) is 3.74. The van der Waals surface area contributed by atoms with E-state index in [4.69, 9.17) is 0 Å². The van der Waals surface area contributed by atoms with Gasteiger partial charge in [-0.05, 0) is 37.6 Å². The fraction of sp³-hybridized carbons (Fsp3) is 0.222. The van der Waals surface area contributed by atoms with Gasteiger partial charge in [-0.2, -0.15) is 5.10 Å². The maximum Gasteiger partial charge on any atom is 0.227 e. The van der Waals surface area contributed by atoms with Crippen molar-refractivity contribution in [3.05, 3.63) is 59.2 Å². The minimum absolute atomic E-state index is 0.0389. The average molecular weight is 357 g/mol. The van der Waals surface area contributed by atoms with Gasteiger partial charge in [-0.15, -0.1) is 0 Å². The van der Waals surface area contributed by atoms with Gasteiger partial charge >= 0.3 is 0 Å². The van der Waals surface area contributed by atoms with Crippen LogP contribution in [0.25, 0.3) is 17.1 Å². The Labute approximate surface area is 148 Å².